The number of benzene rings is 1. The molecule has 1 aromatic rings. The topological polar surface area (TPSA) is 77.1 Å². The summed E-state index contributed by atoms with van der Waals surface area (Å²) >= 11 is 6.33. The van der Waals surface area contributed by atoms with Crippen LogP contribution in [0.4, 0.5) is 0 Å². The summed E-state index contributed by atoms with van der Waals surface area (Å²) in [6.45, 7) is 2.79. The molecule has 2 heterocycles. The maximum Gasteiger partial charge on any atom is 0.307 e. The number of hydrogen-bond donors (Lipinski definition) is 1. The number of amides is 1. The first-order chi connectivity index (χ1) is 12.1. The molecule has 1 fully saturated rings. The molecule has 1 aromatic carbocycles. The molecular formula is C17H21ClN2O5. The predicted molar refractivity (Wildman–Crippen MR) is 90.9 cm³/mol. The Labute approximate surface area is 151 Å². The number of halogens is 1. The third-order valence-electron chi connectivity index (χ3n) is 4.28. The quantitative estimate of drug-likeness (QED) is 0.809. The average Bonchev–Trinajstić information content (AvgIpc) is 2.83. The molecule has 2 aliphatic heterocycles. The van der Waals surface area contributed by atoms with Gasteiger partial charge in [-0.05, 0) is 17.7 Å². The number of carbonyl (C=O) groups excluding carboxylic acids is 2. The summed E-state index contributed by atoms with van der Waals surface area (Å²) < 4.78 is 16.0. The number of nitrogens with zero attached hydrogens (tertiary/aromatic N) is 1. The molecule has 136 valence electrons. The fraction of sp³-hybridized carbons (Fsp3) is 0.529. The Bertz CT molecular complexity index is 667. The molecule has 8 heteroatoms. The van der Waals surface area contributed by atoms with Crippen molar-refractivity contribution in [2.45, 2.75) is 25.4 Å². The van der Waals surface area contributed by atoms with Gasteiger partial charge in [-0.3, -0.25) is 14.5 Å². The van der Waals surface area contributed by atoms with Gasteiger partial charge in [-0.15, -0.1) is 0 Å². The van der Waals surface area contributed by atoms with Crippen LogP contribution >= 0.6 is 11.6 Å². The highest BCUT2D eigenvalue weighted by molar-refractivity contribution is 6.32. The Kier molecular flexibility index (Phi) is 5.65. The first-order valence-corrected chi connectivity index (χ1v) is 8.63. The first-order valence-electron chi connectivity index (χ1n) is 8.25. The summed E-state index contributed by atoms with van der Waals surface area (Å²) in [5.41, 5.74) is 0.902. The number of carbonyl (C=O) groups is 2. The second-order valence-corrected chi connectivity index (χ2v) is 6.42. The maximum absolute atomic E-state index is 12.2. The van der Waals surface area contributed by atoms with E-state index >= 15 is 0 Å². The highest BCUT2D eigenvalue weighted by atomic mass is 35.5. The number of ether oxygens (including phenoxy) is 3. The number of hydrogen-bond acceptors (Lipinski definition) is 6. The van der Waals surface area contributed by atoms with E-state index in [9.17, 15) is 9.59 Å². The van der Waals surface area contributed by atoms with Crippen LogP contribution in [0, 0.1) is 0 Å². The third-order valence-corrected chi connectivity index (χ3v) is 4.56. The van der Waals surface area contributed by atoms with Crippen molar-refractivity contribution in [3.63, 3.8) is 0 Å². The molecule has 0 bridgehead atoms. The van der Waals surface area contributed by atoms with Crippen molar-refractivity contribution in [1.29, 1.82) is 0 Å². The van der Waals surface area contributed by atoms with Crippen LogP contribution in [0.1, 0.15) is 18.4 Å². The Balaban J connectivity index is 1.79. The molecule has 1 N–H and O–H groups in total. The number of fused-ring (bicyclic) bond motifs is 1. The molecule has 0 saturated carbocycles. The van der Waals surface area contributed by atoms with Crippen LogP contribution in [0.15, 0.2) is 12.1 Å². The van der Waals surface area contributed by atoms with E-state index in [1.807, 2.05) is 17.0 Å². The molecule has 0 aromatic heterocycles. The van der Waals surface area contributed by atoms with Crippen LogP contribution in [-0.4, -0.2) is 56.2 Å². The molecule has 3 rings (SSSR count). The standard InChI is InChI=1S/C17H21ClN2O5/c1-23-15(21)9-13-17(22)19-3-4-20(13)10-11-7-12(18)16-14(8-11)24-5-2-6-25-16/h7-8,13H,2-6,9-10H2,1H3,(H,19,22). The monoisotopic (exact) mass is 368 g/mol. The van der Waals surface area contributed by atoms with Crippen LogP contribution in [0.25, 0.3) is 0 Å². The van der Waals surface area contributed by atoms with Gasteiger partial charge in [0.15, 0.2) is 11.5 Å². The van der Waals surface area contributed by atoms with Crippen LogP contribution < -0.4 is 14.8 Å². The second kappa shape index (κ2) is 7.93. The van der Waals surface area contributed by atoms with Gasteiger partial charge in [-0.25, -0.2) is 0 Å². The summed E-state index contributed by atoms with van der Waals surface area (Å²) in [4.78, 5) is 25.7. The van der Waals surface area contributed by atoms with E-state index in [2.05, 4.69) is 5.32 Å². The molecule has 1 atom stereocenters. The lowest BCUT2D eigenvalue weighted by Crippen LogP contribution is -2.55. The van der Waals surface area contributed by atoms with E-state index in [-0.39, 0.29) is 12.3 Å². The van der Waals surface area contributed by atoms with Gasteiger partial charge in [-0.2, -0.15) is 0 Å². The van der Waals surface area contributed by atoms with Gasteiger partial charge in [-0.1, -0.05) is 11.6 Å². The van der Waals surface area contributed by atoms with Gasteiger partial charge in [0.25, 0.3) is 0 Å². The molecule has 7 nitrogen and oxygen atoms in total. The molecule has 0 radical (unpaired) electrons. The van der Waals surface area contributed by atoms with Crippen LogP contribution in [-0.2, 0) is 20.9 Å². The number of esters is 1. The Morgan fingerprint density at radius 3 is 3.00 bits per heavy atom. The van der Waals surface area contributed by atoms with Gasteiger partial charge in [0.1, 0.15) is 6.04 Å². The minimum absolute atomic E-state index is 0.0145. The van der Waals surface area contributed by atoms with Crippen molar-refractivity contribution < 1.29 is 23.8 Å². The first kappa shape index (κ1) is 17.8. The fourth-order valence-corrected chi connectivity index (χ4v) is 3.31. The van der Waals surface area contributed by atoms with E-state index < -0.39 is 12.0 Å². The van der Waals surface area contributed by atoms with E-state index in [1.165, 1.54) is 7.11 Å². The van der Waals surface area contributed by atoms with Gasteiger partial charge in [0.2, 0.25) is 5.91 Å². The minimum Gasteiger partial charge on any atom is -0.489 e. The molecule has 0 spiro atoms. The number of methoxy groups -OCH3 is 1. The zero-order valence-electron chi connectivity index (χ0n) is 14.0. The molecule has 0 aliphatic carbocycles. The van der Waals surface area contributed by atoms with Crippen molar-refractivity contribution in [2.75, 3.05) is 33.4 Å². The van der Waals surface area contributed by atoms with Gasteiger partial charge >= 0.3 is 5.97 Å². The lowest BCUT2D eigenvalue weighted by atomic mass is 10.1. The van der Waals surface area contributed by atoms with Crippen molar-refractivity contribution in [2.24, 2.45) is 0 Å². The zero-order valence-corrected chi connectivity index (χ0v) is 14.8. The van der Waals surface area contributed by atoms with Crippen molar-refractivity contribution in [1.82, 2.24) is 10.2 Å². The summed E-state index contributed by atoms with van der Waals surface area (Å²) in [5.74, 6) is 0.595. The summed E-state index contributed by atoms with van der Waals surface area (Å²) in [6.07, 6.45) is 0.814. The van der Waals surface area contributed by atoms with Gasteiger partial charge in [0, 0.05) is 26.1 Å². The lowest BCUT2D eigenvalue weighted by molar-refractivity contribution is -0.146. The van der Waals surface area contributed by atoms with E-state index in [0.29, 0.717) is 49.4 Å². The smallest absolute Gasteiger partial charge is 0.307 e. The highest BCUT2D eigenvalue weighted by Crippen LogP contribution is 2.38. The second-order valence-electron chi connectivity index (χ2n) is 6.01. The number of rotatable bonds is 4. The normalized spacial score (nSPS) is 20.6. The molecule has 2 aliphatic rings. The molecule has 1 unspecified atom stereocenters. The number of piperazine rings is 1. The highest BCUT2D eigenvalue weighted by Gasteiger charge is 2.32. The molecule has 25 heavy (non-hydrogen) atoms. The summed E-state index contributed by atoms with van der Waals surface area (Å²) in [7, 11) is 1.32. The lowest BCUT2D eigenvalue weighted by Gasteiger charge is -2.34. The maximum atomic E-state index is 12.2. The van der Waals surface area contributed by atoms with Crippen molar-refractivity contribution in [3.05, 3.63) is 22.7 Å². The van der Waals surface area contributed by atoms with Gasteiger partial charge < -0.3 is 19.5 Å². The summed E-state index contributed by atoms with van der Waals surface area (Å²) in [6, 6.07) is 3.14. The Morgan fingerprint density at radius 2 is 2.20 bits per heavy atom. The average molecular weight is 369 g/mol. The van der Waals surface area contributed by atoms with Crippen molar-refractivity contribution >= 4 is 23.5 Å². The molecule has 1 amide bonds. The van der Waals surface area contributed by atoms with E-state index in [1.54, 1.807) is 0 Å². The van der Waals surface area contributed by atoms with Crippen molar-refractivity contribution in [3.8, 4) is 11.5 Å². The van der Waals surface area contributed by atoms with Crippen LogP contribution in [0.5, 0.6) is 11.5 Å². The SMILES string of the molecule is COC(=O)CC1C(=O)NCCN1Cc1cc(Cl)c2c(c1)OCCCO2. The Hall–Kier alpha value is -1.99. The predicted octanol–water partition coefficient (Wildman–Crippen LogP) is 1.36. The van der Waals surface area contributed by atoms with Crippen LogP contribution in [0.2, 0.25) is 5.02 Å². The minimum atomic E-state index is -0.559. The van der Waals surface area contributed by atoms with E-state index in [4.69, 9.17) is 25.8 Å². The fourth-order valence-electron chi connectivity index (χ4n) is 3.02. The Morgan fingerprint density at radius 1 is 1.40 bits per heavy atom. The zero-order chi connectivity index (χ0) is 17.8. The summed E-state index contributed by atoms with van der Waals surface area (Å²) in [5, 5.41) is 3.27. The largest absolute Gasteiger partial charge is 0.489 e. The van der Waals surface area contributed by atoms with E-state index in [0.717, 1.165) is 12.0 Å². The third kappa shape index (κ3) is 4.16. The molecule has 1 saturated heterocycles. The number of nitrogens with one attached hydrogen (secondary N) is 1. The molecular weight excluding hydrogens is 348 g/mol. The van der Waals surface area contributed by atoms with Gasteiger partial charge in [0.05, 0.1) is 31.8 Å². The van der Waals surface area contributed by atoms with Crippen LogP contribution in [0.3, 0.4) is 0 Å².